The zero-order valence-corrected chi connectivity index (χ0v) is 20.5. The molecule has 1 atom stereocenters. The molecule has 0 spiro atoms. The number of pyridine rings is 1. The van der Waals surface area contributed by atoms with Gasteiger partial charge in [-0.25, -0.2) is 9.59 Å². The number of hydrogen-bond donors (Lipinski definition) is 2. The number of aryl methyl sites for hydroxylation is 3. The first-order chi connectivity index (χ1) is 16.9. The maximum absolute atomic E-state index is 10.6. The number of hydrogen-bond acceptors (Lipinski definition) is 6. The van der Waals surface area contributed by atoms with E-state index in [4.69, 9.17) is 34.3 Å². The van der Waals surface area contributed by atoms with Crippen molar-refractivity contribution in [3.8, 4) is 0 Å². The maximum atomic E-state index is 10.6. The summed E-state index contributed by atoms with van der Waals surface area (Å²) in [6, 6.07) is 6.62. The Morgan fingerprint density at radius 1 is 1.00 bits per heavy atom. The van der Waals surface area contributed by atoms with Crippen LogP contribution in [0.5, 0.6) is 0 Å². The molecule has 0 radical (unpaired) electrons. The molecule has 37 heavy (non-hydrogen) atoms. The van der Waals surface area contributed by atoms with Gasteiger partial charge in [0.05, 0.1) is 31.4 Å². The lowest BCUT2D eigenvalue weighted by Gasteiger charge is -2.28. The van der Waals surface area contributed by atoms with Crippen LogP contribution in [0.2, 0.25) is 0 Å². The van der Waals surface area contributed by atoms with E-state index in [1.807, 2.05) is 0 Å². The molecule has 1 fully saturated rings. The Morgan fingerprint density at radius 3 is 2.00 bits per heavy atom. The summed E-state index contributed by atoms with van der Waals surface area (Å²) >= 11 is 0. The van der Waals surface area contributed by atoms with Gasteiger partial charge in [-0.15, -0.1) is 0 Å². The second-order valence-electron chi connectivity index (χ2n) is 8.27. The van der Waals surface area contributed by atoms with Gasteiger partial charge in [-0.05, 0) is 56.6 Å². The third-order valence-corrected chi connectivity index (χ3v) is 4.79. The highest BCUT2D eigenvalue weighted by molar-refractivity contribution is 5.86. The summed E-state index contributed by atoms with van der Waals surface area (Å²) in [4.78, 5) is 24.8. The average molecular weight is 542 g/mol. The number of rotatable bonds is 4. The Bertz CT molecular complexity index is 1040. The van der Waals surface area contributed by atoms with Crippen molar-refractivity contribution in [3.05, 3.63) is 40.6 Å². The first-order valence-electron chi connectivity index (χ1n) is 10.8. The van der Waals surface area contributed by atoms with Crippen molar-refractivity contribution in [2.45, 2.75) is 45.8 Å². The fourth-order valence-electron chi connectivity index (χ4n) is 3.47. The summed E-state index contributed by atoms with van der Waals surface area (Å²) < 4.78 is 74.7. The summed E-state index contributed by atoms with van der Waals surface area (Å²) in [5.41, 5.74) is 6.07. The van der Waals surface area contributed by atoms with E-state index in [9.17, 15) is 26.3 Å². The first kappa shape index (κ1) is 32.1. The second-order valence-corrected chi connectivity index (χ2v) is 8.27. The van der Waals surface area contributed by atoms with Crippen LogP contribution in [0.25, 0.3) is 10.9 Å². The van der Waals surface area contributed by atoms with Gasteiger partial charge in [0.1, 0.15) is 0 Å². The molecule has 0 amide bonds. The molecule has 0 saturated carbocycles. The number of carboxylic acids is 2. The average Bonchev–Trinajstić information content (AvgIpc) is 2.73. The smallest absolute Gasteiger partial charge is 0.475 e. The molecule has 1 unspecified atom stereocenters. The Kier molecular flexibility index (Phi) is 11.7. The third kappa shape index (κ3) is 11.3. The minimum atomic E-state index is -5.08. The summed E-state index contributed by atoms with van der Waals surface area (Å²) in [6.07, 6.45) is -9.99. The summed E-state index contributed by atoms with van der Waals surface area (Å²) in [5, 5.41) is 15.5. The molecule has 1 saturated heterocycles. The van der Waals surface area contributed by atoms with Crippen molar-refractivity contribution in [1.82, 2.24) is 9.88 Å². The number of halogens is 6. The number of aliphatic carboxylic acids is 2. The van der Waals surface area contributed by atoms with Crippen LogP contribution in [-0.4, -0.2) is 83.9 Å². The predicted octanol–water partition coefficient (Wildman–Crippen LogP) is 4.27. The van der Waals surface area contributed by atoms with Crippen molar-refractivity contribution in [2.24, 2.45) is 0 Å². The van der Waals surface area contributed by atoms with Gasteiger partial charge in [-0.1, -0.05) is 6.07 Å². The summed E-state index contributed by atoms with van der Waals surface area (Å²) in [5.74, 6) is -5.51. The number of aromatic nitrogens is 1. The van der Waals surface area contributed by atoms with Crippen LogP contribution >= 0.6 is 0 Å². The van der Waals surface area contributed by atoms with Gasteiger partial charge in [0.2, 0.25) is 0 Å². The molecule has 1 aliphatic rings. The van der Waals surface area contributed by atoms with E-state index >= 15 is 0 Å². The van der Waals surface area contributed by atoms with Gasteiger partial charge < -0.3 is 19.7 Å². The van der Waals surface area contributed by atoms with Crippen molar-refractivity contribution in [1.29, 1.82) is 0 Å². The molecule has 1 aromatic carbocycles. The van der Waals surface area contributed by atoms with Crippen LogP contribution < -0.4 is 0 Å². The van der Waals surface area contributed by atoms with Gasteiger partial charge in [0, 0.05) is 24.2 Å². The van der Waals surface area contributed by atoms with E-state index < -0.39 is 24.3 Å². The monoisotopic (exact) mass is 542 g/mol. The molecule has 1 aliphatic heterocycles. The van der Waals surface area contributed by atoms with Gasteiger partial charge in [-0.3, -0.25) is 9.88 Å². The highest BCUT2D eigenvalue weighted by Crippen LogP contribution is 2.25. The summed E-state index contributed by atoms with van der Waals surface area (Å²) in [7, 11) is 2.14. The van der Waals surface area contributed by atoms with Crippen LogP contribution in [0.4, 0.5) is 26.3 Å². The minimum absolute atomic E-state index is 0.172. The second kappa shape index (κ2) is 13.5. The summed E-state index contributed by atoms with van der Waals surface area (Å²) in [6.45, 7) is 10.3. The van der Waals surface area contributed by atoms with E-state index in [0.29, 0.717) is 19.8 Å². The van der Waals surface area contributed by atoms with E-state index in [1.165, 1.54) is 22.1 Å². The fraction of sp³-hybridized carbons (Fsp3) is 0.522. The number of benzene rings is 1. The lowest BCUT2D eigenvalue weighted by molar-refractivity contribution is -0.193. The van der Waals surface area contributed by atoms with Gasteiger partial charge >= 0.3 is 24.3 Å². The zero-order chi connectivity index (χ0) is 28.6. The van der Waals surface area contributed by atoms with Crippen molar-refractivity contribution >= 4 is 22.8 Å². The molecule has 2 N–H and O–H groups in total. The molecule has 0 aliphatic carbocycles. The molecule has 1 aromatic heterocycles. The van der Waals surface area contributed by atoms with E-state index in [0.717, 1.165) is 24.3 Å². The van der Waals surface area contributed by atoms with E-state index in [-0.39, 0.29) is 6.10 Å². The van der Waals surface area contributed by atoms with Crippen LogP contribution in [0, 0.1) is 20.8 Å². The van der Waals surface area contributed by atoms with Gasteiger partial charge in [-0.2, -0.15) is 26.3 Å². The Hall–Kier alpha value is -2.97. The van der Waals surface area contributed by atoms with E-state index in [1.54, 1.807) is 0 Å². The SMILES string of the molecule is Cc1cc(C)c2c(CN(C)CC3COCCO3)cc(C)nc2c1.O=C(O)C(F)(F)F.O=C(O)C(F)(F)F. The normalized spacial score (nSPS) is 15.9. The standard InChI is InChI=1S/C19H26N2O2.2C2HF3O2/c1-13-7-14(2)19-16(9-15(3)20-18(19)8-13)10-21(4)11-17-12-22-5-6-23-17;2*3-2(4,5)1(6)7/h7-9,17H,5-6,10-12H2,1-4H3;2*(H,6,7). The zero-order valence-electron chi connectivity index (χ0n) is 20.5. The number of carboxylic acid groups (broad SMARTS) is 2. The Morgan fingerprint density at radius 2 is 1.54 bits per heavy atom. The minimum Gasteiger partial charge on any atom is -0.475 e. The topological polar surface area (TPSA) is 109 Å². The quantitative estimate of drug-likeness (QED) is 0.552. The number of alkyl halides is 6. The Labute approximate surface area is 208 Å². The fourth-order valence-corrected chi connectivity index (χ4v) is 3.47. The first-order valence-corrected chi connectivity index (χ1v) is 10.8. The highest BCUT2D eigenvalue weighted by atomic mass is 19.4. The third-order valence-electron chi connectivity index (χ3n) is 4.79. The van der Waals surface area contributed by atoms with Crippen LogP contribution in [0.3, 0.4) is 0 Å². The van der Waals surface area contributed by atoms with Crippen molar-refractivity contribution < 1.29 is 55.6 Å². The molecular formula is C23H28F6N2O6. The number of ether oxygens (including phenoxy) is 2. The molecule has 0 bridgehead atoms. The predicted molar refractivity (Wildman–Crippen MR) is 120 cm³/mol. The van der Waals surface area contributed by atoms with Gasteiger partial charge in [0.15, 0.2) is 0 Å². The van der Waals surface area contributed by atoms with E-state index in [2.05, 4.69) is 50.9 Å². The highest BCUT2D eigenvalue weighted by Gasteiger charge is 2.38. The molecule has 208 valence electrons. The largest absolute Gasteiger partial charge is 0.490 e. The lowest BCUT2D eigenvalue weighted by atomic mass is 10.00. The van der Waals surface area contributed by atoms with Crippen LogP contribution in [0.1, 0.15) is 22.4 Å². The maximum Gasteiger partial charge on any atom is 0.490 e. The molecule has 14 heteroatoms. The van der Waals surface area contributed by atoms with Gasteiger partial charge in [0.25, 0.3) is 0 Å². The van der Waals surface area contributed by atoms with Crippen molar-refractivity contribution in [3.63, 3.8) is 0 Å². The number of likely N-dealkylation sites (N-methyl/N-ethyl adjacent to an activating group) is 1. The molecule has 2 aromatic rings. The lowest BCUT2D eigenvalue weighted by Crippen LogP contribution is -2.38. The molecule has 8 nitrogen and oxygen atoms in total. The Balaban J connectivity index is 0.000000404. The van der Waals surface area contributed by atoms with Crippen LogP contribution in [-0.2, 0) is 25.6 Å². The number of fused-ring (bicyclic) bond motifs is 1. The van der Waals surface area contributed by atoms with Crippen LogP contribution in [0.15, 0.2) is 18.2 Å². The molecule has 3 rings (SSSR count). The van der Waals surface area contributed by atoms with Crippen molar-refractivity contribution in [2.75, 3.05) is 33.4 Å². The number of carbonyl (C=O) groups is 2. The molecule has 2 heterocycles. The molecular weight excluding hydrogens is 514 g/mol. The number of nitrogens with zero attached hydrogens (tertiary/aromatic N) is 2.